The van der Waals surface area contributed by atoms with Crippen molar-refractivity contribution >= 4 is 0 Å². The fourth-order valence-corrected chi connectivity index (χ4v) is 4.02. The Labute approximate surface area is 175 Å². The van der Waals surface area contributed by atoms with Crippen LogP contribution in [0.15, 0.2) is 54.6 Å². The molecule has 1 nitrogen and oxygen atoms in total. The number of aryl methyl sites for hydroxylation is 1. The largest absolute Gasteiger partial charge is 0.373 e. The monoisotopic (exact) mass is 410 g/mol. The van der Waals surface area contributed by atoms with Gasteiger partial charge in [0.05, 0.1) is 6.10 Å². The van der Waals surface area contributed by atoms with Crippen LogP contribution in [-0.2, 0) is 11.2 Å². The zero-order chi connectivity index (χ0) is 21.3. The van der Waals surface area contributed by atoms with E-state index in [1.165, 1.54) is 6.07 Å². The predicted octanol–water partition coefficient (Wildman–Crippen LogP) is 7.49. The average Bonchev–Trinajstić information content (AvgIpc) is 2.76. The van der Waals surface area contributed by atoms with Gasteiger partial charge in [0, 0.05) is 17.7 Å². The quantitative estimate of drug-likeness (QED) is 0.433. The lowest BCUT2D eigenvalue weighted by Gasteiger charge is -2.27. The number of ether oxygens (including phenoxy) is 1. The summed E-state index contributed by atoms with van der Waals surface area (Å²) >= 11 is 0. The highest BCUT2D eigenvalue weighted by Gasteiger charge is 2.23. The molecular formula is C26H25F3O. The van der Waals surface area contributed by atoms with E-state index in [1.54, 1.807) is 49.4 Å². The summed E-state index contributed by atoms with van der Waals surface area (Å²) < 4.78 is 49.1. The Kier molecular flexibility index (Phi) is 5.96. The summed E-state index contributed by atoms with van der Waals surface area (Å²) in [5, 5.41) is 0. The molecule has 1 aliphatic rings. The molecule has 2 unspecified atom stereocenters. The molecule has 0 radical (unpaired) electrons. The molecule has 3 aromatic carbocycles. The smallest absolute Gasteiger partial charge is 0.166 e. The molecule has 2 atom stereocenters. The topological polar surface area (TPSA) is 9.23 Å². The lowest BCUT2D eigenvalue weighted by atomic mass is 9.93. The minimum Gasteiger partial charge on any atom is -0.373 e. The molecule has 3 aromatic rings. The standard InChI is InChI=1S/C26H25F3O/c1-3-17-9-11-21(26(29)25(17)28)19-7-5-18(6-8-19)20-10-12-22(23(27)14-20)24-13-4-16(2)15-30-24/h5-12,14,16,24H,3-4,13,15H2,1-2H3. The average molecular weight is 410 g/mol. The first-order chi connectivity index (χ1) is 14.5. The van der Waals surface area contributed by atoms with Gasteiger partial charge in [-0.15, -0.1) is 0 Å². The first kappa shape index (κ1) is 20.7. The van der Waals surface area contributed by atoms with Gasteiger partial charge in [0.15, 0.2) is 11.6 Å². The van der Waals surface area contributed by atoms with E-state index in [0.29, 0.717) is 35.6 Å². The van der Waals surface area contributed by atoms with Gasteiger partial charge in [-0.1, -0.05) is 62.4 Å². The van der Waals surface area contributed by atoms with Gasteiger partial charge in [-0.25, -0.2) is 13.2 Å². The molecule has 30 heavy (non-hydrogen) atoms. The second-order valence-corrected chi connectivity index (χ2v) is 8.07. The number of rotatable bonds is 4. The van der Waals surface area contributed by atoms with Gasteiger partial charge in [0.25, 0.3) is 0 Å². The van der Waals surface area contributed by atoms with E-state index in [0.717, 1.165) is 24.0 Å². The van der Waals surface area contributed by atoms with Crippen LogP contribution in [0.4, 0.5) is 13.2 Å². The van der Waals surface area contributed by atoms with E-state index >= 15 is 0 Å². The molecule has 0 aromatic heterocycles. The van der Waals surface area contributed by atoms with E-state index < -0.39 is 11.6 Å². The van der Waals surface area contributed by atoms with Gasteiger partial charge in [0.1, 0.15) is 5.82 Å². The molecule has 1 heterocycles. The van der Waals surface area contributed by atoms with Crippen molar-refractivity contribution in [3.63, 3.8) is 0 Å². The molecule has 0 amide bonds. The van der Waals surface area contributed by atoms with Crippen LogP contribution >= 0.6 is 0 Å². The van der Waals surface area contributed by atoms with Crippen LogP contribution in [0.25, 0.3) is 22.3 Å². The molecule has 1 saturated heterocycles. The van der Waals surface area contributed by atoms with E-state index in [2.05, 4.69) is 6.92 Å². The first-order valence-corrected chi connectivity index (χ1v) is 10.5. The molecular weight excluding hydrogens is 385 g/mol. The number of hydrogen-bond donors (Lipinski definition) is 0. The molecule has 0 aliphatic carbocycles. The van der Waals surface area contributed by atoms with Crippen LogP contribution in [-0.4, -0.2) is 6.61 Å². The van der Waals surface area contributed by atoms with Crippen LogP contribution in [0, 0.1) is 23.4 Å². The van der Waals surface area contributed by atoms with Gasteiger partial charge in [-0.3, -0.25) is 0 Å². The fourth-order valence-electron chi connectivity index (χ4n) is 4.02. The van der Waals surface area contributed by atoms with Gasteiger partial charge in [0.2, 0.25) is 0 Å². The van der Waals surface area contributed by atoms with Crippen LogP contribution in [0.5, 0.6) is 0 Å². The van der Waals surface area contributed by atoms with Crippen molar-refractivity contribution in [3.8, 4) is 22.3 Å². The SMILES string of the molecule is CCc1ccc(-c2ccc(-c3ccc(C4CCC(C)CO4)c(F)c3)cc2)c(F)c1F. The Bertz CT molecular complexity index is 1030. The Morgan fingerprint density at radius 1 is 0.833 bits per heavy atom. The van der Waals surface area contributed by atoms with E-state index in [-0.39, 0.29) is 17.5 Å². The van der Waals surface area contributed by atoms with Crippen LogP contribution in [0.3, 0.4) is 0 Å². The van der Waals surface area contributed by atoms with Crippen molar-refractivity contribution < 1.29 is 17.9 Å². The van der Waals surface area contributed by atoms with Crippen molar-refractivity contribution in [2.24, 2.45) is 5.92 Å². The molecule has 1 aliphatic heterocycles. The molecule has 4 rings (SSSR count). The van der Waals surface area contributed by atoms with Gasteiger partial charge >= 0.3 is 0 Å². The van der Waals surface area contributed by atoms with Crippen LogP contribution < -0.4 is 0 Å². The van der Waals surface area contributed by atoms with Crippen molar-refractivity contribution in [1.29, 1.82) is 0 Å². The lowest BCUT2D eigenvalue weighted by molar-refractivity contribution is -0.0141. The van der Waals surface area contributed by atoms with Crippen molar-refractivity contribution in [2.45, 2.75) is 39.2 Å². The molecule has 4 heteroatoms. The maximum atomic E-state index is 14.8. The summed E-state index contributed by atoms with van der Waals surface area (Å²) in [6.07, 6.45) is 2.10. The van der Waals surface area contributed by atoms with Crippen molar-refractivity contribution in [2.75, 3.05) is 6.61 Å². The maximum absolute atomic E-state index is 14.8. The second kappa shape index (κ2) is 8.65. The molecule has 0 saturated carbocycles. The summed E-state index contributed by atoms with van der Waals surface area (Å²) in [5.74, 6) is -1.40. The van der Waals surface area contributed by atoms with E-state index in [9.17, 15) is 13.2 Å². The van der Waals surface area contributed by atoms with Crippen molar-refractivity contribution in [3.05, 3.63) is 83.2 Å². The second-order valence-electron chi connectivity index (χ2n) is 8.07. The van der Waals surface area contributed by atoms with E-state index in [4.69, 9.17) is 4.74 Å². The highest BCUT2D eigenvalue weighted by molar-refractivity contribution is 5.71. The van der Waals surface area contributed by atoms with Crippen molar-refractivity contribution in [1.82, 2.24) is 0 Å². The molecule has 0 N–H and O–H groups in total. The summed E-state index contributed by atoms with van der Waals surface area (Å²) in [6, 6.07) is 15.5. The van der Waals surface area contributed by atoms with Gasteiger partial charge in [-0.05, 0) is 53.5 Å². The summed E-state index contributed by atoms with van der Waals surface area (Å²) in [4.78, 5) is 0. The Balaban J connectivity index is 1.57. The minimum absolute atomic E-state index is 0.193. The molecule has 156 valence electrons. The van der Waals surface area contributed by atoms with Crippen LogP contribution in [0.1, 0.15) is 43.9 Å². The predicted molar refractivity (Wildman–Crippen MR) is 114 cm³/mol. The molecule has 0 spiro atoms. The lowest BCUT2D eigenvalue weighted by Crippen LogP contribution is -2.19. The zero-order valence-electron chi connectivity index (χ0n) is 17.2. The Morgan fingerprint density at radius 3 is 2.17 bits per heavy atom. The zero-order valence-corrected chi connectivity index (χ0v) is 17.2. The highest BCUT2D eigenvalue weighted by Crippen LogP contribution is 2.34. The number of halogens is 3. The normalized spacial score (nSPS) is 19.1. The Morgan fingerprint density at radius 2 is 1.53 bits per heavy atom. The third-order valence-electron chi connectivity index (χ3n) is 5.92. The van der Waals surface area contributed by atoms with E-state index in [1.807, 2.05) is 6.07 Å². The van der Waals surface area contributed by atoms with Crippen LogP contribution in [0.2, 0.25) is 0 Å². The minimum atomic E-state index is -0.834. The molecule has 1 fully saturated rings. The van der Waals surface area contributed by atoms with Gasteiger partial charge < -0.3 is 4.74 Å². The summed E-state index contributed by atoms with van der Waals surface area (Å²) in [6.45, 7) is 4.58. The summed E-state index contributed by atoms with van der Waals surface area (Å²) in [7, 11) is 0. The number of benzene rings is 3. The maximum Gasteiger partial charge on any atom is 0.166 e. The fraction of sp³-hybridized carbons (Fsp3) is 0.308. The highest BCUT2D eigenvalue weighted by atomic mass is 19.2. The third kappa shape index (κ3) is 4.01. The first-order valence-electron chi connectivity index (χ1n) is 10.5. The number of hydrogen-bond acceptors (Lipinski definition) is 1. The Hall–Kier alpha value is -2.59. The third-order valence-corrected chi connectivity index (χ3v) is 5.92. The molecule has 0 bridgehead atoms. The summed E-state index contributed by atoms with van der Waals surface area (Å²) in [5.41, 5.74) is 3.31. The van der Waals surface area contributed by atoms with Gasteiger partial charge in [-0.2, -0.15) is 0 Å².